The van der Waals surface area contributed by atoms with Crippen molar-refractivity contribution in [1.82, 2.24) is 4.98 Å². The van der Waals surface area contributed by atoms with E-state index in [4.69, 9.17) is 16.7 Å². The molecule has 8 heteroatoms. The van der Waals surface area contributed by atoms with E-state index in [9.17, 15) is 13.2 Å². The van der Waals surface area contributed by atoms with Crippen LogP contribution >= 0.6 is 11.6 Å². The van der Waals surface area contributed by atoms with Crippen LogP contribution < -0.4 is 4.72 Å². The maximum absolute atomic E-state index is 12.3. The number of pyridine rings is 1. The highest BCUT2D eigenvalue weighted by atomic mass is 35.5. The molecule has 0 radical (unpaired) electrons. The fourth-order valence-electron chi connectivity index (χ4n) is 1.69. The molecule has 0 atom stereocenters. The van der Waals surface area contributed by atoms with E-state index >= 15 is 0 Å². The third-order valence-electron chi connectivity index (χ3n) is 2.67. The van der Waals surface area contributed by atoms with Crippen molar-refractivity contribution in [3.63, 3.8) is 0 Å². The van der Waals surface area contributed by atoms with E-state index in [1.54, 1.807) is 13.0 Å². The topological polar surface area (TPSA) is 96.4 Å². The van der Waals surface area contributed by atoms with E-state index in [0.717, 1.165) is 11.8 Å². The number of nitrogens with one attached hydrogen (secondary N) is 1. The minimum atomic E-state index is -4.00. The Labute approximate surface area is 126 Å². The number of carbonyl (C=O) groups is 1. The molecular weight excluding hydrogens is 316 g/mol. The van der Waals surface area contributed by atoms with Gasteiger partial charge in [-0.15, -0.1) is 0 Å². The second-order valence-corrected chi connectivity index (χ2v) is 6.32. The number of aryl methyl sites for hydroxylation is 1. The smallest absolute Gasteiger partial charge is 0.337 e. The zero-order valence-electron chi connectivity index (χ0n) is 10.9. The Morgan fingerprint density at radius 1 is 1.33 bits per heavy atom. The summed E-state index contributed by atoms with van der Waals surface area (Å²) in [5.74, 6) is -1.26. The van der Waals surface area contributed by atoms with Crippen molar-refractivity contribution in [2.75, 3.05) is 4.72 Å². The van der Waals surface area contributed by atoms with Crippen LogP contribution in [-0.2, 0) is 10.0 Å². The van der Waals surface area contributed by atoms with Crippen LogP contribution in [0, 0.1) is 6.92 Å². The summed E-state index contributed by atoms with van der Waals surface area (Å²) in [5, 5.41) is 9.09. The number of hydrogen-bond donors (Lipinski definition) is 2. The molecule has 0 saturated heterocycles. The van der Waals surface area contributed by atoms with Gasteiger partial charge in [0.2, 0.25) is 0 Å². The van der Waals surface area contributed by atoms with E-state index in [-0.39, 0.29) is 21.2 Å². The third kappa shape index (κ3) is 3.32. The normalized spacial score (nSPS) is 11.1. The Morgan fingerprint density at radius 2 is 2.05 bits per heavy atom. The quantitative estimate of drug-likeness (QED) is 0.900. The molecule has 1 heterocycles. The summed E-state index contributed by atoms with van der Waals surface area (Å²) >= 11 is 5.93. The van der Waals surface area contributed by atoms with Crippen LogP contribution in [0.15, 0.2) is 41.6 Å². The van der Waals surface area contributed by atoms with E-state index in [1.165, 1.54) is 24.4 Å². The minimum Gasteiger partial charge on any atom is -0.478 e. The van der Waals surface area contributed by atoms with Crippen molar-refractivity contribution in [2.24, 2.45) is 0 Å². The number of nitrogens with zero attached hydrogens (tertiary/aromatic N) is 1. The molecule has 0 bridgehead atoms. The second-order valence-electron chi connectivity index (χ2n) is 4.27. The second kappa shape index (κ2) is 5.71. The first-order chi connectivity index (χ1) is 9.81. The predicted octanol–water partition coefficient (Wildman–Crippen LogP) is 2.54. The molecule has 0 fully saturated rings. The Kier molecular flexibility index (Phi) is 4.15. The standard InChI is InChI=1S/C13H11ClN2O4S/c1-8-2-3-12(10(14)6-8)21(19,20)16-11-7-15-5-4-9(11)13(17)18/h2-7,16H,1H3,(H,17,18). The van der Waals surface area contributed by atoms with Crippen molar-refractivity contribution < 1.29 is 18.3 Å². The fraction of sp³-hybridized carbons (Fsp3) is 0.0769. The number of benzene rings is 1. The first-order valence-electron chi connectivity index (χ1n) is 5.77. The molecule has 21 heavy (non-hydrogen) atoms. The van der Waals surface area contributed by atoms with Gasteiger partial charge in [-0.05, 0) is 30.7 Å². The van der Waals surface area contributed by atoms with Crippen LogP contribution in [0.2, 0.25) is 5.02 Å². The van der Waals surface area contributed by atoms with Gasteiger partial charge < -0.3 is 5.11 Å². The van der Waals surface area contributed by atoms with Crippen LogP contribution in [0.3, 0.4) is 0 Å². The van der Waals surface area contributed by atoms with Crippen LogP contribution in [0.1, 0.15) is 15.9 Å². The lowest BCUT2D eigenvalue weighted by Crippen LogP contribution is -2.16. The van der Waals surface area contributed by atoms with Gasteiger partial charge in [-0.1, -0.05) is 17.7 Å². The molecule has 1 aromatic heterocycles. The molecule has 0 aliphatic carbocycles. The SMILES string of the molecule is Cc1ccc(S(=O)(=O)Nc2cnccc2C(=O)O)c(Cl)c1. The highest BCUT2D eigenvalue weighted by Crippen LogP contribution is 2.25. The highest BCUT2D eigenvalue weighted by molar-refractivity contribution is 7.92. The van der Waals surface area contributed by atoms with Crippen molar-refractivity contribution >= 4 is 33.3 Å². The maximum Gasteiger partial charge on any atom is 0.337 e. The number of anilines is 1. The molecular formula is C13H11ClN2O4S. The Bertz CT molecular complexity index is 806. The molecule has 2 aromatic rings. The average molecular weight is 327 g/mol. The van der Waals surface area contributed by atoms with Crippen LogP contribution in [0.5, 0.6) is 0 Å². The van der Waals surface area contributed by atoms with E-state index < -0.39 is 16.0 Å². The number of sulfonamides is 1. The largest absolute Gasteiger partial charge is 0.478 e. The Morgan fingerprint density at radius 3 is 2.67 bits per heavy atom. The number of halogens is 1. The average Bonchev–Trinajstić information content (AvgIpc) is 2.37. The molecule has 0 spiro atoms. The summed E-state index contributed by atoms with van der Waals surface area (Å²) in [6.07, 6.45) is 2.39. The fourth-order valence-corrected chi connectivity index (χ4v) is 3.35. The van der Waals surface area contributed by atoms with Gasteiger partial charge in [0.1, 0.15) is 4.90 Å². The molecule has 2 rings (SSSR count). The summed E-state index contributed by atoms with van der Waals surface area (Å²) in [7, 11) is -4.00. The predicted molar refractivity (Wildman–Crippen MR) is 78.2 cm³/mol. The number of aromatic nitrogens is 1. The van der Waals surface area contributed by atoms with Gasteiger partial charge in [0.15, 0.2) is 0 Å². The summed E-state index contributed by atoms with van der Waals surface area (Å²) in [6.45, 7) is 1.78. The van der Waals surface area contributed by atoms with E-state index in [1.807, 2.05) is 0 Å². The van der Waals surface area contributed by atoms with E-state index in [2.05, 4.69) is 9.71 Å². The van der Waals surface area contributed by atoms with Crippen molar-refractivity contribution in [3.8, 4) is 0 Å². The Hall–Kier alpha value is -2.12. The maximum atomic E-state index is 12.3. The molecule has 110 valence electrons. The molecule has 1 aromatic carbocycles. The number of carboxylic acids is 1. The highest BCUT2D eigenvalue weighted by Gasteiger charge is 2.21. The zero-order chi connectivity index (χ0) is 15.6. The lowest BCUT2D eigenvalue weighted by atomic mass is 10.2. The zero-order valence-corrected chi connectivity index (χ0v) is 12.4. The van der Waals surface area contributed by atoms with Crippen molar-refractivity contribution in [2.45, 2.75) is 11.8 Å². The first-order valence-corrected chi connectivity index (χ1v) is 7.63. The molecule has 0 unspecified atom stereocenters. The third-order valence-corrected chi connectivity index (χ3v) is 4.52. The number of carboxylic acid groups (broad SMARTS) is 1. The molecule has 6 nitrogen and oxygen atoms in total. The molecule has 2 N–H and O–H groups in total. The van der Waals surface area contributed by atoms with Crippen LogP contribution in [0.4, 0.5) is 5.69 Å². The molecule has 0 aliphatic rings. The first kappa shape index (κ1) is 15.3. The van der Waals surface area contributed by atoms with Gasteiger partial charge in [-0.3, -0.25) is 9.71 Å². The number of rotatable bonds is 4. The van der Waals surface area contributed by atoms with Crippen molar-refractivity contribution in [3.05, 3.63) is 52.8 Å². The summed E-state index contributed by atoms with van der Waals surface area (Å²) in [4.78, 5) is 14.7. The van der Waals surface area contributed by atoms with Gasteiger partial charge in [0.25, 0.3) is 10.0 Å². The van der Waals surface area contributed by atoms with E-state index in [0.29, 0.717) is 0 Å². The van der Waals surface area contributed by atoms with Gasteiger partial charge >= 0.3 is 5.97 Å². The van der Waals surface area contributed by atoms with Gasteiger partial charge in [0, 0.05) is 6.20 Å². The monoisotopic (exact) mass is 326 g/mol. The summed E-state index contributed by atoms with van der Waals surface area (Å²) < 4.78 is 26.8. The minimum absolute atomic E-state index is 0.0586. The van der Waals surface area contributed by atoms with Crippen LogP contribution in [-0.4, -0.2) is 24.5 Å². The van der Waals surface area contributed by atoms with Gasteiger partial charge in [-0.25, -0.2) is 13.2 Å². The molecule has 0 saturated carbocycles. The number of aromatic carboxylic acids is 1. The molecule has 0 aliphatic heterocycles. The summed E-state index contributed by atoms with van der Waals surface area (Å²) in [6, 6.07) is 5.67. The Balaban J connectivity index is 2.45. The summed E-state index contributed by atoms with van der Waals surface area (Å²) in [5.41, 5.74) is 0.491. The lowest BCUT2D eigenvalue weighted by Gasteiger charge is -2.11. The number of hydrogen-bond acceptors (Lipinski definition) is 4. The lowest BCUT2D eigenvalue weighted by molar-refractivity contribution is 0.0698. The van der Waals surface area contributed by atoms with Crippen LogP contribution in [0.25, 0.3) is 0 Å². The van der Waals surface area contributed by atoms with Gasteiger partial charge in [0.05, 0.1) is 22.5 Å². The van der Waals surface area contributed by atoms with Crippen molar-refractivity contribution in [1.29, 1.82) is 0 Å². The molecule has 0 amide bonds. The van der Waals surface area contributed by atoms with Gasteiger partial charge in [-0.2, -0.15) is 0 Å².